The Bertz CT molecular complexity index is 1010. The van der Waals surface area contributed by atoms with Gasteiger partial charge in [0.25, 0.3) is 0 Å². The molecule has 0 saturated heterocycles. The van der Waals surface area contributed by atoms with Crippen molar-refractivity contribution in [3.05, 3.63) is 59.2 Å². The Morgan fingerprint density at radius 2 is 1.89 bits per heavy atom. The van der Waals surface area contributed by atoms with E-state index in [4.69, 9.17) is 4.74 Å². The van der Waals surface area contributed by atoms with Gasteiger partial charge < -0.3 is 9.64 Å². The van der Waals surface area contributed by atoms with Crippen LogP contribution in [0.25, 0.3) is 6.08 Å². The number of fused-ring (bicyclic) bond motifs is 5. The lowest BCUT2D eigenvalue weighted by Crippen LogP contribution is -2.42. The van der Waals surface area contributed by atoms with E-state index >= 15 is 0 Å². The van der Waals surface area contributed by atoms with Gasteiger partial charge >= 0.3 is 0 Å². The highest BCUT2D eigenvalue weighted by Gasteiger charge is 2.51. The number of benzene rings is 2. The molecule has 28 heavy (non-hydrogen) atoms. The van der Waals surface area contributed by atoms with Crippen LogP contribution in [0.4, 0.5) is 11.4 Å². The molecule has 0 amide bonds. The first-order valence-electron chi connectivity index (χ1n) is 10.6. The third-order valence-corrected chi connectivity index (χ3v) is 6.67. The summed E-state index contributed by atoms with van der Waals surface area (Å²) in [6.07, 6.45) is 3.55. The summed E-state index contributed by atoms with van der Waals surface area (Å²) in [4.78, 5) is 2.37. The Labute approximate surface area is 168 Å². The quantitative estimate of drug-likeness (QED) is 0.691. The summed E-state index contributed by atoms with van der Waals surface area (Å²) in [7, 11) is 0. The molecule has 0 aliphatic carbocycles. The fraction of sp³-hybridized carbons (Fsp3) is 0.400. The van der Waals surface area contributed by atoms with E-state index in [1.807, 2.05) is 0 Å². The summed E-state index contributed by atoms with van der Waals surface area (Å²) >= 11 is 0. The molecular formula is C25H29N2O+. The Morgan fingerprint density at radius 3 is 2.68 bits per heavy atom. The highest BCUT2D eigenvalue weighted by molar-refractivity contribution is 6.11. The second-order valence-corrected chi connectivity index (χ2v) is 8.53. The number of ether oxygens (including phenoxy) is 1. The van der Waals surface area contributed by atoms with E-state index in [0.29, 0.717) is 0 Å². The van der Waals surface area contributed by atoms with Crippen LogP contribution < -0.4 is 9.64 Å². The van der Waals surface area contributed by atoms with E-state index < -0.39 is 0 Å². The van der Waals surface area contributed by atoms with Gasteiger partial charge in [0.1, 0.15) is 11.9 Å². The predicted molar refractivity (Wildman–Crippen MR) is 116 cm³/mol. The van der Waals surface area contributed by atoms with Gasteiger partial charge in [-0.2, -0.15) is 4.58 Å². The summed E-state index contributed by atoms with van der Waals surface area (Å²) < 4.78 is 9.10. The molecule has 0 aromatic heterocycles. The van der Waals surface area contributed by atoms with Crippen molar-refractivity contribution in [3.8, 4) is 5.75 Å². The minimum atomic E-state index is 0.00310. The number of hydrogen-bond donors (Lipinski definition) is 0. The fourth-order valence-electron chi connectivity index (χ4n) is 5.26. The molecule has 2 aromatic carbocycles. The first-order valence-corrected chi connectivity index (χ1v) is 10.6. The van der Waals surface area contributed by atoms with Gasteiger partial charge in [-0.05, 0) is 45.9 Å². The van der Waals surface area contributed by atoms with E-state index in [2.05, 4.69) is 85.7 Å². The molecule has 1 atom stereocenters. The molecule has 144 valence electrons. The molecule has 3 heteroatoms. The zero-order chi connectivity index (χ0) is 19.5. The van der Waals surface area contributed by atoms with Crippen molar-refractivity contribution in [1.29, 1.82) is 0 Å². The van der Waals surface area contributed by atoms with Gasteiger partial charge in [0, 0.05) is 48.5 Å². The predicted octanol–water partition coefficient (Wildman–Crippen LogP) is 5.16. The normalized spacial score (nSPS) is 21.1. The van der Waals surface area contributed by atoms with Gasteiger partial charge in [-0.3, -0.25) is 0 Å². The summed E-state index contributed by atoms with van der Waals surface area (Å²) in [5, 5.41) is 0. The first-order chi connectivity index (χ1) is 13.5. The minimum Gasteiger partial charge on any atom is -0.485 e. The zero-order valence-electron chi connectivity index (χ0n) is 17.3. The second-order valence-electron chi connectivity index (χ2n) is 8.53. The van der Waals surface area contributed by atoms with E-state index in [0.717, 1.165) is 31.8 Å². The molecule has 0 bridgehead atoms. The number of para-hydroxylation sites is 1. The van der Waals surface area contributed by atoms with Crippen LogP contribution in [0.3, 0.4) is 0 Å². The lowest BCUT2D eigenvalue weighted by molar-refractivity contribution is -0.444. The molecule has 3 aliphatic heterocycles. The standard InChI is InChI=1S/C25H29N2O/c1-5-26(6-2)18-12-11-17-15-19-22(28-23(17)16-18)13-14-27-21-10-8-7-9-20(21)25(3,4)24(19)27/h7-12,15-16,22H,5-6,13-14H2,1-4H3/q+1. The Morgan fingerprint density at radius 1 is 1.11 bits per heavy atom. The van der Waals surface area contributed by atoms with Crippen molar-refractivity contribution in [2.75, 3.05) is 24.5 Å². The van der Waals surface area contributed by atoms with Gasteiger partial charge in [-0.15, -0.1) is 0 Å². The lowest BCUT2D eigenvalue weighted by Gasteiger charge is -2.32. The third kappa shape index (κ3) is 2.38. The summed E-state index contributed by atoms with van der Waals surface area (Å²) in [5.41, 5.74) is 8.02. The monoisotopic (exact) mass is 373 g/mol. The van der Waals surface area contributed by atoms with Gasteiger partial charge in [-0.25, -0.2) is 0 Å². The van der Waals surface area contributed by atoms with Gasteiger partial charge in [0.2, 0.25) is 5.69 Å². The van der Waals surface area contributed by atoms with Crippen molar-refractivity contribution in [2.45, 2.75) is 45.6 Å². The van der Waals surface area contributed by atoms with Crippen LogP contribution in [0, 0.1) is 0 Å². The van der Waals surface area contributed by atoms with Crippen LogP contribution in [0.15, 0.2) is 48.0 Å². The molecule has 0 saturated carbocycles. The summed E-state index contributed by atoms with van der Waals surface area (Å²) in [5.74, 6) is 1.03. The van der Waals surface area contributed by atoms with Crippen LogP contribution in [-0.2, 0) is 5.41 Å². The van der Waals surface area contributed by atoms with Crippen molar-refractivity contribution < 1.29 is 9.31 Å². The maximum atomic E-state index is 6.57. The van der Waals surface area contributed by atoms with Crippen LogP contribution >= 0.6 is 0 Å². The zero-order valence-corrected chi connectivity index (χ0v) is 17.3. The van der Waals surface area contributed by atoms with Gasteiger partial charge in [0.15, 0.2) is 12.3 Å². The molecule has 1 unspecified atom stereocenters. The molecule has 3 nitrogen and oxygen atoms in total. The van der Waals surface area contributed by atoms with Crippen molar-refractivity contribution in [2.24, 2.45) is 0 Å². The van der Waals surface area contributed by atoms with E-state index in [-0.39, 0.29) is 11.5 Å². The third-order valence-electron chi connectivity index (χ3n) is 6.67. The molecular weight excluding hydrogens is 344 g/mol. The lowest BCUT2D eigenvalue weighted by atomic mass is 9.76. The maximum Gasteiger partial charge on any atom is 0.209 e. The molecule has 2 aromatic rings. The Kier molecular flexibility index (Phi) is 3.90. The van der Waals surface area contributed by atoms with E-state index in [1.54, 1.807) is 0 Å². The average molecular weight is 374 g/mol. The van der Waals surface area contributed by atoms with E-state index in [1.165, 1.54) is 33.8 Å². The smallest absolute Gasteiger partial charge is 0.209 e. The summed E-state index contributed by atoms with van der Waals surface area (Å²) in [6.45, 7) is 12.1. The number of anilines is 1. The minimum absolute atomic E-state index is 0.00310. The van der Waals surface area contributed by atoms with Crippen molar-refractivity contribution >= 4 is 23.2 Å². The van der Waals surface area contributed by atoms with Crippen LogP contribution in [0.2, 0.25) is 0 Å². The van der Waals surface area contributed by atoms with Crippen LogP contribution in [-0.4, -0.2) is 36.0 Å². The molecule has 5 rings (SSSR count). The molecule has 0 radical (unpaired) electrons. The topological polar surface area (TPSA) is 15.5 Å². The highest BCUT2D eigenvalue weighted by Crippen LogP contribution is 2.46. The summed E-state index contributed by atoms with van der Waals surface area (Å²) in [6, 6.07) is 15.5. The average Bonchev–Trinajstić information content (AvgIpc) is 2.95. The number of hydrogen-bond acceptors (Lipinski definition) is 2. The van der Waals surface area contributed by atoms with E-state index in [9.17, 15) is 0 Å². The second kappa shape index (κ2) is 6.23. The van der Waals surface area contributed by atoms with Crippen LogP contribution in [0.5, 0.6) is 5.75 Å². The fourth-order valence-corrected chi connectivity index (χ4v) is 5.26. The molecule has 0 N–H and O–H groups in total. The highest BCUT2D eigenvalue weighted by atomic mass is 16.5. The van der Waals surface area contributed by atoms with Crippen molar-refractivity contribution in [3.63, 3.8) is 0 Å². The molecule has 3 heterocycles. The molecule has 0 spiro atoms. The van der Waals surface area contributed by atoms with Gasteiger partial charge in [-0.1, -0.05) is 18.2 Å². The Balaban J connectivity index is 1.61. The largest absolute Gasteiger partial charge is 0.485 e. The Hall–Kier alpha value is -2.55. The van der Waals surface area contributed by atoms with Crippen LogP contribution in [0.1, 0.15) is 45.2 Å². The van der Waals surface area contributed by atoms with Gasteiger partial charge in [0.05, 0.1) is 11.0 Å². The molecule has 0 fully saturated rings. The first kappa shape index (κ1) is 17.5. The van der Waals surface area contributed by atoms with Crippen molar-refractivity contribution in [1.82, 2.24) is 0 Å². The SMILES string of the molecule is CCN(CC)c1ccc2c(c1)OC1CC[N+]3=C(C1=C2)C(C)(C)c1ccccc13. The number of nitrogens with zero attached hydrogens (tertiary/aromatic N) is 2. The maximum absolute atomic E-state index is 6.57. The molecule has 3 aliphatic rings. The number of rotatable bonds is 3.